The van der Waals surface area contributed by atoms with Gasteiger partial charge in [-0.15, -0.1) is 0 Å². The van der Waals surface area contributed by atoms with Crippen molar-refractivity contribution < 1.29 is 9.59 Å². The first-order chi connectivity index (χ1) is 12.4. The number of nitrogens with zero attached hydrogens (tertiary/aromatic N) is 2. The number of hydrogen-bond donors (Lipinski definition) is 1. The quantitative estimate of drug-likeness (QED) is 0.793. The maximum Gasteiger partial charge on any atom is 0.251 e. The molecule has 1 atom stereocenters. The van der Waals surface area contributed by atoms with Gasteiger partial charge in [0, 0.05) is 37.8 Å². The number of aryl methyl sites for hydroxylation is 1. The molecule has 2 amide bonds. The lowest BCUT2D eigenvalue weighted by Crippen LogP contribution is -2.56. The summed E-state index contributed by atoms with van der Waals surface area (Å²) in [5, 5.41) is 2.97. The minimum Gasteiger partial charge on any atom is -0.340 e. The van der Waals surface area contributed by atoms with E-state index in [4.69, 9.17) is 0 Å². The van der Waals surface area contributed by atoms with Gasteiger partial charge < -0.3 is 10.2 Å². The summed E-state index contributed by atoms with van der Waals surface area (Å²) >= 11 is 1.69. The first kappa shape index (κ1) is 20.8. The fraction of sp³-hybridized carbons (Fsp3) is 0.600. The van der Waals surface area contributed by atoms with Gasteiger partial charge in [-0.1, -0.05) is 17.7 Å². The molecule has 1 N–H and O–H groups in total. The van der Waals surface area contributed by atoms with Gasteiger partial charge >= 0.3 is 0 Å². The lowest BCUT2D eigenvalue weighted by atomic mass is 10.1. The van der Waals surface area contributed by atoms with Gasteiger partial charge in [0.05, 0.1) is 0 Å². The molecule has 144 valence electrons. The summed E-state index contributed by atoms with van der Waals surface area (Å²) in [6.45, 7) is 9.57. The molecule has 1 heterocycles. The fourth-order valence-electron chi connectivity index (χ4n) is 3.20. The Bertz CT molecular complexity index is 613. The fourth-order valence-corrected chi connectivity index (χ4v) is 3.67. The Kier molecular flexibility index (Phi) is 7.97. The van der Waals surface area contributed by atoms with Crippen molar-refractivity contribution in [2.75, 3.05) is 38.2 Å². The van der Waals surface area contributed by atoms with Crippen molar-refractivity contribution in [3.05, 3.63) is 35.4 Å². The van der Waals surface area contributed by atoms with Crippen molar-refractivity contribution in [2.24, 2.45) is 0 Å². The molecule has 1 aromatic carbocycles. The molecular weight excluding hydrogens is 346 g/mol. The zero-order valence-corrected chi connectivity index (χ0v) is 17.1. The van der Waals surface area contributed by atoms with Crippen LogP contribution in [0.15, 0.2) is 24.3 Å². The Hall–Kier alpha value is -1.53. The van der Waals surface area contributed by atoms with Gasteiger partial charge in [0.2, 0.25) is 5.91 Å². The number of carbonyl (C=O) groups excluding carboxylic acids is 2. The Morgan fingerprint density at radius 1 is 1.19 bits per heavy atom. The van der Waals surface area contributed by atoms with Crippen molar-refractivity contribution >= 4 is 23.6 Å². The highest BCUT2D eigenvalue weighted by molar-refractivity contribution is 7.98. The SMILES string of the molecule is CSCC[C@H](NC(=O)c1cccc(C)c1)C(=O)N1CCN(C(C)C)CC1. The molecule has 1 fully saturated rings. The lowest BCUT2D eigenvalue weighted by molar-refractivity contribution is -0.135. The minimum atomic E-state index is -0.457. The Balaban J connectivity index is 2.02. The second-order valence-corrected chi connectivity index (χ2v) is 8.12. The van der Waals surface area contributed by atoms with Crippen LogP contribution in [0.1, 0.15) is 36.2 Å². The summed E-state index contributed by atoms with van der Waals surface area (Å²) in [6.07, 6.45) is 2.67. The first-order valence-electron chi connectivity index (χ1n) is 9.31. The topological polar surface area (TPSA) is 52.7 Å². The molecule has 0 spiro atoms. The maximum atomic E-state index is 13.0. The molecule has 0 radical (unpaired) electrons. The molecule has 2 rings (SSSR count). The monoisotopic (exact) mass is 377 g/mol. The molecule has 0 saturated carbocycles. The average molecular weight is 378 g/mol. The van der Waals surface area contributed by atoms with E-state index < -0.39 is 6.04 Å². The summed E-state index contributed by atoms with van der Waals surface area (Å²) in [5.41, 5.74) is 1.64. The maximum absolute atomic E-state index is 13.0. The van der Waals surface area contributed by atoms with E-state index in [1.54, 1.807) is 17.8 Å². The van der Waals surface area contributed by atoms with Crippen LogP contribution < -0.4 is 5.32 Å². The van der Waals surface area contributed by atoms with Crippen LogP contribution >= 0.6 is 11.8 Å². The molecule has 6 heteroatoms. The van der Waals surface area contributed by atoms with Gasteiger partial charge in [-0.25, -0.2) is 0 Å². The van der Waals surface area contributed by atoms with Crippen molar-refractivity contribution in [1.82, 2.24) is 15.1 Å². The summed E-state index contributed by atoms with van der Waals surface area (Å²) in [6, 6.07) is 7.52. The van der Waals surface area contributed by atoms with E-state index in [1.165, 1.54) is 0 Å². The summed E-state index contributed by atoms with van der Waals surface area (Å²) < 4.78 is 0. The third kappa shape index (κ3) is 5.74. The van der Waals surface area contributed by atoms with Gasteiger partial charge in [-0.05, 0) is 51.3 Å². The van der Waals surface area contributed by atoms with E-state index in [-0.39, 0.29) is 11.8 Å². The van der Waals surface area contributed by atoms with E-state index in [0.29, 0.717) is 18.0 Å². The Labute approximate surface area is 161 Å². The van der Waals surface area contributed by atoms with Crippen LogP contribution in [0, 0.1) is 6.92 Å². The molecule has 0 aliphatic carbocycles. The highest BCUT2D eigenvalue weighted by Crippen LogP contribution is 2.11. The second-order valence-electron chi connectivity index (χ2n) is 7.13. The van der Waals surface area contributed by atoms with Crippen LogP contribution in [-0.4, -0.2) is 71.9 Å². The normalized spacial score (nSPS) is 16.6. The zero-order chi connectivity index (χ0) is 19.1. The van der Waals surface area contributed by atoms with Crippen LogP contribution in [0.3, 0.4) is 0 Å². The van der Waals surface area contributed by atoms with E-state index >= 15 is 0 Å². The van der Waals surface area contributed by atoms with Crippen LogP contribution in [0.5, 0.6) is 0 Å². The van der Waals surface area contributed by atoms with Crippen molar-refractivity contribution in [2.45, 2.75) is 39.3 Å². The number of hydrogen-bond acceptors (Lipinski definition) is 4. The molecule has 0 aromatic heterocycles. The van der Waals surface area contributed by atoms with E-state index in [1.807, 2.05) is 36.3 Å². The van der Waals surface area contributed by atoms with Crippen molar-refractivity contribution in [3.8, 4) is 0 Å². The van der Waals surface area contributed by atoms with Crippen LogP contribution in [0.2, 0.25) is 0 Å². The standard InChI is InChI=1S/C20H31N3O2S/c1-15(2)22-9-11-23(12-10-22)20(25)18(8-13-26-4)21-19(24)17-7-5-6-16(3)14-17/h5-7,14-15,18H,8-13H2,1-4H3,(H,21,24)/t18-/m0/s1. The molecule has 26 heavy (non-hydrogen) atoms. The van der Waals surface area contributed by atoms with Gasteiger partial charge in [0.1, 0.15) is 6.04 Å². The van der Waals surface area contributed by atoms with Gasteiger partial charge in [-0.2, -0.15) is 11.8 Å². The number of benzene rings is 1. The summed E-state index contributed by atoms with van der Waals surface area (Å²) in [5.74, 6) is 0.716. The van der Waals surface area contributed by atoms with Crippen molar-refractivity contribution in [3.63, 3.8) is 0 Å². The molecule has 1 aliphatic rings. The van der Waals surface area contributed by atoms with Crippen LogP contribution in [0.4, 0.5) is 0 Å². The minimum absolute atomic E-state index is 0.0449. The Morgan fingerprint density at radius 3 is 2.46 bits per heavy atom. The van der Waals surface area contributed by atoms with Gasteiger partial charge in [-0.3, -0.25) is 14.5 Å². The van der Waals surface area contributed by atoms with E-state index in [9.17, 15) is 9.59 Å². The first-order valence-corrected chi connectivity index (χ1v) is 10.7. The second kappa shape index (κ2) is 9.97. The highest BCUT2D eigenvalue weighted by Gasteiger charge is 2.29. The summed E-state index contributed by atoms with van der Waals surface area (Å²) in [4.78, 5) is 29.9. The molecule has 0 unspecified atom stereocenters. The third-order valence-electron chi connectivity index (χ3n) is 4.85. The van der Waals surface area contributed by atoms with Gasteiger partial charge in [0.15, 0.2) is 0 Å². The lowest BCUT2D eigenvalue weighted by Gasteiger charge is -2.38. The zero-order valence-electron chi connectivity index (χ0n) is 16.3. The third-order valence-corrected chi connectivity index (χ3v) is 5.49. The largest absolute Gasteiger partial charge is 0.340 e. The molecular formula is C20H31N3O2S. The van der Waals surface area contributed by atoms with Crippen LogP contribution in [0.25, 0.3) is 0 Å². The number of amides is 2. The highest BCUT2D eigenvalue weighted by atomic mass is 32.2. The average Bonchev–Trinajstić information content (AvgIpc) is 2.64. The predicted octanol–water partition coefficient (Wildman–Crippen LogP) is 2.40. The molecule has 0 bridgehead atoms. The number of nitrogens with one attached hydrogen (secondary N) is 1. The van der Waals surface area contributed by atoms with E-state index in [0.717, 1.165) is 37.5 Å². The number of piperazine rings is 1. The smallest absolute Gasteiger partial charge is 0.251 e. The molecule has 1 saturated heterocycles. The van der Waals surface area contributed by atoms with Crippen LogP contribution in [-0.2, 0) is 4.79 Å². The van der Waals surface area contributed by atoms with E-state index in [2.05, 4.69) is 24.1 Å². The Morgan fingerprint density at radius 2 is 1.88 bits per heavy atom. The molecule has 5 nitrogen and oxygen atoms in total. The molecule has 1 aromatic rings. The number of carbonyl (C=O) groups is 2. The van der Waals surface area contributed by atoms with Crippen molar-refractivity contribution in [1.29, 1.82) is 0 Å². The number of rotatable bonds is 7. The summed E-state index contributed by atoms with van der Waals surface area (Å²) in [7, 11) is 0. The predicted molar refractivity (Wildman–Crippen MR) is 109 cm³/mol. The van der Waals surface area contributed by atoms with Gasteiger partial charge in [0.25, 0.3) is 5.91 Å². The number of thioether (sulfide) groups is 1. The molecule has 1 aliphatic heterocycles.